The zero-order valence-corrected chi connectivity index (χ0v) is 18.4. The molecule has 0 aromatic heterocycles. The van der Waals surface area contributed by atoms with Gasteiger partial charge in [-0.2, -0.15) is 0 Å². The van der Waals surface area contributed by atoms with Crippen molar-refractivity contribution in [2.45, 2.75) is 46.6 Å². The number of rotatable bonds is 6. The van der Waals surface area contributed by atoms with Crippen LogP contribution in [0.2, 0.25) is 0 Å². The molecule has 0 unspecified atom stereocenters. The molecule has 0 spiro atoms. The molecule has 0 aliphatic rings. The molecule has 0 heterocycles. The van der Waals surface area contributed by atoms with Crippen LogP contribution in [0, 0.1) is 11.8 Å². The van der Waals surface area contributed by atoms with Gasteiger partial charge in [-0.25, -0.2) is 0 Å². The summed E-state index contributed by atoms with van der Waals surface area (Å²) in [6.45, 7) is 7.88. The number of hydrogen-bond donors (Lipinski definition) is 0. The van der Waals surface area contributed by atoms with E-state index in [9.17, 15) is 14.4 Å². The summed E-state index contributed by atoms with van der Waals surface area (Å²) in [5.74, 6) is 0.649. The van der Waals surface area contributed by atoms with E-state index in [0.717, 1.165) is 0 Å². The molecular formula is C9H19K2O4P. The third-order valence-corrected chi connectivity index (χ3v) is 2.30. The van der Waals surface area contributed by atoms with E-state index in [4.69, 9.17) is 0 Å². The largest absolute Gasteiger partial charge is 1.00 e. The Hall–Kier alpha value is 3.38. The quantitative estimate of drug-likeness (QED) is 0.365. The van der Waals surface area contributed by atoms with E-state index in [0.29, 0.717) is 24.7 Å². The molecule has 4 nitrogen and oxygen atoms in total. The molecule has 16 heavy (non-hydrogen) atoms. The second-order valence-corrected chi connectivity index (χ2v) is 5.54. The van der Waals surface area contributed by atoms with Crippen molar-refractivity contribution >= 4 is 7.82 Å². The Kier molecular flexibility index (Phi) is 18.5. The van der Waals surface area contributed by atoms with Crippen molar-refractivity contribution in [3.63, 3.8) is 0 Å². The molecule has 0 saturated heterocycles. The van der Waals surface area contributed by atoms with Gasteiger partial charge in [0.05, 0.1) is 13.9 Å². The first-order chi connectivity index (χ1) is 6.20. The van der Waals surface area contributed by atoms with E-state index in [1.807, 2.05) is 27.7 Å². The Morgan fingerprint density at radius 3 is 1.50 bits per heavy atom. The molecule has 0 aliphatic carbocycles. The van der Waals surface area contributed by atoms with E-state index < -0.39 is 13.9 Å². The van der Waals surface area contributed by atoms with E-state index in [2.05, 4.69) is 4.52 Å². The Morgan fingerprint density at radius 2 is 1.31 bits per heavy atom. The maximum atomic E-state index is 10.5. The Labute approximate surface area is 184 Å². The van der Waals surface area contributed by atoms with Gasteiger partial charge in [-0.3, -0.25) is 0 Å². The zero-order chi connectivity index (χ0) is 11.4. The number of hydrogen-bond acceptors (Lipinski definition) is 4. The maximum Gasteiger partial charge on any atom is 1.00 e. The van der Waals surface area contributed by atoms with Gasteiger partial charge in [-0.05, 0) is 24.7 Å². The molecule has 0 aromatic rings. The van der Waals surface area contributed by atoms with Gasteiger partial charge in [0.2, 0.25) is 0 Å². The van der Waals surface area contributed by atoms with E-state index in [1.165, 1.54) is 0 Å². The molecule has 0 saturated carbocycles. The first kappa shape index (κ1) is 24.4. The fourth-order valence-electron chi connectivity index (χ4n) is 1.42. The van der Waals surface area contributed by atoms with E-state index in [-0.39, 0.29) is 103 Å². The molecular weight excluding hydrogens is 281 g/mol. The normalized spacial score (nSPS) is 11.6. The van der Waals surface area contributed by atoms with Gasteiger partial charge in [-0.1, -0.05) is 27.7 Å². The molecule has 0 fully saturated rings. The summed E-state index contributed by atoms with van der Waals surface area (Å²) in [5.41, 5.74) is 0. The molecule has 0 bridgehead atoms. The fraction of sp³-hybridized carbons (Fsp3) is 1.00. The minimum absolute atomic E-state index is 0. The van der Waals surface area contributed by atoms with Crippen LogP contribution in [0.25, 0.3) is 0 Å². The summed E-state index contributed by atoms with van der Waals surface area (Å²) in [6, 6.07) is 0. The Balaban J connectivity index is -0.000000845. The topological polar surface area (TPSA) is 72.4 Å². The second-order valence-electron chi connectivity index (χ2n) is 4.43. The number of phosphoric ester groups is 1. The molecule has 0 aliphatic heterocycles. The molecule has 0 amide bonds. The van der Waals surface area contributed by atoms with Crippen molar-refractivity contribution < 1.29 is 122 Å². The van der Waals surface area contributed by atoms with Gasteiger partial charge in [0.25, 0.3) is 0 Å². The number of phosphoric acid groups is 1. The molecule has 0 atom stereocenters. The summed E-state index contributed by atoms with van der Waals surface area (Å²) in [4.78, 5) is 20.9. The molecule has 0 radical (unpaired) electrons. The van der Waals surface area contributed by atoms with Gasteiger partial charge in [0.15, 0.2) is 0 Å². The van der Waals surface area contributed by atoms with Crippen LogP contribution in [0.15, 0.2) is 0 Å². The van der Waals surface area contributed by atoms with Gasteiger partial charge >= 0.3 is 103 Å². The Morgan fingerprint density at radius 1 is 1.00 bits per heavy atom. The monoisotopic (exact) mass is 300 g/mol. The summed E-state index contributed by atoms with van der Waals surface area (Å²) in [7, 11) is -4.83. The maximum absolute atomic E-state index is 10.5. The minimum Gasteiger partial charge on any atom is -0.790 e. The predicted octanol–water partition coefficient (Wildman–Crippen LogP) is -4.70. The van der Waals surface area contributed by atoms with Crippen molar-refractivity contribution in [3.8, 4) is 0 Å². The average molecular weight is 300 g/mol. The van der Waals surface area contributed by atoms with Gasteiger partial charge in [0.1, 0.15) is 0 Å². The van der Waals surface area contributed by atoms with E-state index in [1.54, 1.807) is 0 Å². The van der Waals surface area contributed by atoms with Crippen LogP contribution in [0.5, 0.6) is 0 Å². The van der Waals surface area contributed by atoms with Crippen LogP contribution in [0.4, 0.5) is 0 Å². The van der Waals surface area contributed by atoms with Crippen molar-refractivity contribution in [1.29, 1.82) is 0 Å². The predicted molar refractivity (Wildman–Crippen MR) is 51.4 cm³/mol. The first-order valence-corrected chi connectivity index (χ1v) is 6.37. The Bertz CT molecular complexity index is 196. The van der Waals surface area contributed by atoms with Crippen molar-refractivity contribution in [1.82, 2.24) is 0 Å². The third-order valence-electron chi connectivity index (χ3n) is 1.75. The van der Waals surface area contributed by atoms with Gasteiger partial charge in [0, 0.05) is 0 Å². The molecule has 0 rings (SSSR count). The third kappa shape index (κ3) is 17.4. The molecule has 86 valence electrons. The smallest absolute Gasteiger partial charge is 0.790 e. The van der Waals surface area contributed by atoms with Gasteiger partial charge in [-0.15, -0.1) is 0 Å². The molecule has 7 heteroatoms. The fourth-order valence-corrected chi connectivity index (χ4v) is 1.95. The van der Waals surface area contributed by atoms with E-state index >= 15 is 0 Å². The van der Waals surface area contributed by atoms with Crippen LogP contribution < -0.4 is 113 Å². The molecule has 0 aromatic carbocycles. The first-order valence-electron chi connectivity index (χ1n) is 4.91. The van der Waals surface area contributed by atoms with Crippen LogP contribution in [-0.2, 0) is 9.09 Å². The van der Waals surface area contributed by atoms with Crippen molar-refractivity contribution in [2.75, 3.05) is 0 Å². The van der Waals surface area contributed by atoms with Crippen molar-refractivity contribution in [2.24, 2.45) is 11.8 Å². The van der Waals surface area contributed by atoms with Crippen LogP contribution in [-0.4, -0.2) is 6.10 Å². The van der Waals surface area contributed by atoms with Crippen LogP contribution in [0.3, 0.4) is 0 Å². The summed E-state index contributed by atoms with van der Waals surface area (Å²) < 4.78 is 15.0. The minimum atomic E-state index is -4.83. The zero-order valence-electron chi connectivity index (χ0n) is 11.2. The second kappa shape index (κ2) is 12.1. The standard InChI is InChI=1S/C9H21O4P.2K/c1-7(2)5-9(6-8(3)4)13-14(10,11)12;;/h7-9H,5-6H2,1-4H3,(H2,10,11,12);;/q;2*+1/p-2. The van der Waals surface area contributed by atoms with Crippen LogP contribution in [0.1, 0.15) is 40.5 Å². The summed E-state index contributed by atoms with van der Waals surface area (Å²) in [5, 5.41) is 0. The van der Waals surface area contributed by atoms with Crippen molar-refractivity contribution in [3.05, 3.63) is 0 Å². The molecule has 0 N–H and O–H groups in total. The average Bonchev–Trinajstić information content (AvgIpc) is 1.77. The van der Waals surface area contributed by atoms with Gasteiger partial charge < -0.3 is 18.9 Å². The summed E-state index contributed by atoms with van der Waals surface area (Å²) in [6.07, 6.45) is 0.745. The van der Waals surface area contributed by atoms with Crippen LogP contribution >= 0.6 is 7.82 Å². The SMILES string of the molecule is CC(C)CC(CC(C)C)OP(=O)([O-])[O-].[K+].[K+]. The summed E-state index contributed by atoms with van der Waals surface area (Å²) >= 11 is 0.